The van der Waals surface area contributed by atoms with Crippen LogP contribution in [0.15, 0.2) is 58.1 Å². The van der Waals surface area contributed by atoms with Crippen molar-refractivity contribution in [3.63, 3.8) is 0 Å². The number of anilines is 2. The molecule has 0 fully saturated rings. The third-order valence-electron chi connectivity index (χ3n) is 4.64. The molecule has 3 heterocycles. The first-order valence-electron chi connectivity index (χ1n) is 9.78. The van der Waals surface area contributed by atoms with Crippen molar-refractivity contribution in [3.05, 3.63) is 75.5 Å². The molecule has 3 N–H and O–H groups in total. The van der Waals surface area contributed by atoms with Crippen molar-refractivity contribution in [2.45, 2.75) is 26.5 Å². The van der Waals surface area contributed by atoms with E-state index in [2.05, 4.69) is 25.6 Å². The molecule has 1 aromatic carbocycles. The highest BCUT2D eigenvalue weighted by molar-refractivity contribution is 6.32. The van der Waals surface area contributed by atoms with Gasteiger partial charge in [0, 0.05) is 30.1 Å². The fourth-order valence-corrected chi connectivity index (χ4v) is 3.36. The Morgan fingerprint density at radius 1 is 1.31 bits per heavy atom. The van der Waals surface area contributed by atoms with E-state index >= 15 is 0 Å². The largest absolute Gasteiger partial charge is 0.486 e. The van der Waals surface area contributed by atoms with Crippen molar-refractivity contribution in [3.8, 4) is 5.75 Å². The van der Waals surface area contributed by atoms with Gasteiger partial charge in [0.15, 0.2) is 5.82 Å². The lowest BCUT2D eigenvalue weighted by Crippen LogP contribution is -2.19. The van der Waals surface area contributed by atoms with Crippen molar-refractivity contribution in [2.24, 2.45) is 0 Å². The minimum absolute atomic E-state index is 0.178. The number of carbonyl (C=O) groups is 1. The molecule has 164 valence electrons. The monoisotopic (exact) mass is 453 g/mol. The van der Waals surface area contributed by atoms with Gasteiger partial charge in [0.05, 0.1) is 22.3 Å². The molecule has 0 radical (unpaired) electrons. The summed E-state index contributed by atoms with van der Waals surface area (Å²) in [6.07, 6.45) is 3.00. The zero-order valence-electron chi connectivity index (χ0n) is 17.3. The number of aromatic nitrogens is 3. The summed E-state index contributed by atoms with van der Waals surface area (Å²) in [7, 11) is 0. The lowest BCUT2D eigenvalue weighted by Gasteiger charge is -2.14. The van der Waals surface area contributed by atoms with Crippen molar-refractivity contribution in [1.29, 1.82) is 0 Å². The Labute approximate surface area is 187 Å². The third kappa shape index (κ3) is 4.89. The van der Waals surface area contributed by atoms with Gasteiger partial charge in [0.1, 0.15) is 18.6 Å². The van der Waals surface area contributed by atoms with E-state index in [0.717, 1.165) is 11.1 Å². The highest BCUT2D eigenvalue weighted by Gasteiger charge is 2.16. The normalized spacial score (nSPS) is 11.8. The number of rotatable bonds is 7. The number of nitrogens with zero attached hydrogens (tertiary/aromatic N) is 2. The Balaban J connectivity index is 1.54. The van der Waals surface area contributed by atoms with E-state index in [9.17, 15) is 9.59 Å². The first-order chi connectivity index (χ1) is 15.4. The Kier molecular flexibility index (Phi) is 6.09. The smallest absolute Gasteiger partial charge is 0.297 e. The van der Waals surface area contributed by atoms with Gasteiger partial charge in [-0.3, -0.25) is 14.6 Å². The van der Waals surface area contributed by atoms with Crippen LogP contribution in [-0.2, 0) is 11.4 Å². The van der Waals surface area contributed by atoms with Crippen LogP contribution in [0.4, 0.5) is 11.8 Å². The Bertz CT molecular complexity index is 1320. The minimum Gasteiger partial charge on any atom is -0.486 e. The van der Waals surface area contributed by atoms with E-state index in [4.69, 9.17) is 20.8 Å². The van der Waals surface area contributed by atoms with Crippen LogP contribution >= 0.6 is 11.6 Å². The maximum atomic E-state index is 12.7. The number of oxazole rings is 1. The van der Waals surface area contributed by atoms with Gasteiger partial charge >= 0.3 is 0 Å². The van der Waals surface area contributed by atoms with E-state index in [0.29, 0.717) is 21.9 Å². The molecule has 0 aliphatic carbocycles. The summed E-state index contributed by atoms with van der Waals surface area (Å²) in [6.45, 7) is 3.43. The molecule has 0 bridgehead atoms. The number of H-pyrrole nitrogens is 1. The molecule has 0 saturated heterocycles. The lowest BCUT2D eigenvalue weighted by atomic mass is 10.1. The van der Waals surface area contributed by atoms with Crippen LogP contribution in [0.2, 0.25) is 5.02 Å². The van der Waals surface area contributed by atoms with E-state index in [1.165, 1.54) is 13.2 Å². The number of nitrogens with one attached hydrogen (secondary N) is 3. The first kappa shape index (κ1) is 21.4. The van der Waals surface area contributed by atoms with Crippen molar-refractivity contribution in [2.75, 3.05) is 10.6 Å². The zero-order chi connectivity index (χ0) is 22.7. The lowest BCUT2D eigenvalue weighted by molar-refractivity contribution is -0.114. The van der Waals surface area contributed by atoms with Crippen LogP contribution in [0.5, 0.6) is 5.75 Å². The molecule has 32 heavy (non-hydrogen) atoms. The maximum absolute atomic E-state index is 12.7. The van der Waals surface area contributed by atoms with E-state index in [1.54, 1.807) is 31.3 Å². The number of hydrogen-bond acceptors (Lipinski definition) is 7. The number of ether oxygens (including phenoxy) is 1. The average Bonchev–Trinajstić information content (AvgIpc) is 3.18. The van der Waals surface area contributed by atoms with Crippen LogP contribution in [0.25, 0.3) is 10.9 Å². The predicted octanol–water partition coefficient (Wildman–Crippen LogP) is 4.28. The molecule has 10 heteroatoms. The molecule has 0 aliphatic heterocycles. The average molecular weight is 454 g/mol. The SMILES string of the molecule is CC(=O)Nc1coc(NC(C)c2cc3cc(Cl)c(OCc4ccccn4)cc3[nH]c2=O)n1. The molecule has 0 spiro atoms. The molecule has 9 nitrogen and oxygen atoms in total. The second-order valence-corrected chi connectivity index (χ2v) is 7.53. The molecular formula is C22H20ClN5O4. The minimum atomic E-state index is -0.425. The van der Waals surface area contributed by atoms with Crippen molar-refractivity contribution >= 4 is 40.2 Å². The Hall–Kier alpha value is -3.85. The fraction of sp³-hybridized carbons (Fsp3) is 0.182. The number of fused-ring (bicyclic) bond motifs is 1. The quantitative estimate of drug-likeness (QED) is 0.381. The summed E-state index contributed by atoms with van der Waals surface area (Å²) in [5.74, 6) is 0.471. The van der Waals surface area contributed by atoms with Gasteiger partial charge in [-0.1, -0.05) is 17.7 Å². The number of hydrogen-bond donors (Lipinski definition) is 3. The van der Waals surface area contributed by atoms with E-state index < -0.39 is 6.04 Å². The molecule has 1 atom stereocenters. The standard InChI is InChI=1S/C22H20ClN5O4/c1-12(25-22-28-20(11-32-22)26-13(2)29)16-7-14-8-17(23)19(9-18(14)27-21(16)30)31-10-15-5-3-4-6-24-15/h3-9,11-12H,10H2,1-2H3,(H,25,28)(H,26,29)(H,27,30). The first-order valence-corrected chi connectivity index (χ1v) is 10.2. The topological polar surface area (TPSA) is 122 Å². The van der Waals surface area contributed by atoms with Gasteiger partial charge in [-0.25, -0.2) is 0 Å². The summed E-state index contributed by atoms with van der Waals surface area (Å²) in [5, 5.41) is 6.69. The second kappa shape index (κ2) is 9.11. The summed E-state index contributed by atoms with van der Waals surface area (Å²) in [4.78, 5) is 35.0. The summed E-state index contributed by atoms with van der Waals surface area (Å²) < 4.78 is 11.1. The molecule has 0 aliphatic rings. The number of pyridine rings is 2. The fourth-order valence-electron chi connectivity index (χ4n) is 3.13. The third-order valence-corrected chi connectivity index (χ3v) is 4.94. The second-order valence-electron chi connectivity index (χ2n) is 7.12. The molecule has 0 saturated carbocycles. The highest BCUT2D eigenvalue weighted by Crippen LogP contribution is 2.30. The molecule has 1 unspecified atom stereocenters. The summed E-state index contributed by atoms with van der Waals surface area (Å²) >= 11 is 6.40. The van der Waals surface area contributed by atoms with E-state index in [1.807, 2.05) is 18.2 Å². The number of benzene rings is 1. The van der Waals surface area contributed by atoms with Gasteiger partial charge in [0.25, 0.3) is 11.6 Å². The van der Waals surface area contributed by atoms with Gasteiger partial charge in [-0.05, 0) is 31.2 Å². The van der Waals surface area contributed by atoms with Crippen LogP contribution < -0.4 is 20.9 Å². The molecular weight excluding hydrogens is 434 g/mol. The Morgan fingerprint density at radius 2 is 2.16 bits per heavy atom. The maximum Gasteiger partial charge on any atom is 0.297 e. The zero-order valence-corrected chi connectivity index (χ0v) is 18.1. The van der Waals surface area contributed by atoms with Crippen molar-refractivity contribution in [1.82, 2.24) is 15.0 Å². The van der Waals surface area contributed by atoms with Crippen molar-refractivity contribution < 1.29 is 13.9 Å². The summed E-state index contributed by atoms with van der Waals surface area (Å²) in [5.41, 5.74) is 1.55. The van der Waals surface area contributed by atoms with Gasteiger partial charge in [0.2, 0.25) is 5.91 Å². The van der Waals surface area contributed by atoms with Crippen LogP contribution in [0.3, 0.4) is 0 Å². The molecule has 3 aromatic heterocycles. The number of carbonyl (C=O) groups excluding carboxylic acids is 1. The number of halogens is 1. The van der Waals surface area contributed by atoms with Gasteiger partial charge in [-0.2, -0.15) is 4.98 Å². The molecule has 4 aromatic rings. The predicted molar refractivity (Wildman–Crippen MR) is 121 cm³/mol. The van der Waals surface area contributed by atoms with Crippen LogP contribution in [0, 0.1) is 0 Å². The van der Waals surface area contributed by atoms with Gasteiger partial charge < -0.3 is 24.8 Å². The summed E-state index contributed by atoms with van der Waals surface area (Å²) in [6, 6.07) is 10.5. The molecule has 1 amide bonds. The van der Waals surface area contributed by atoms with Crippen LogP contribution in [0.1, 0.15) is 31.1 Å². The highest BCUT2D eigenvalue weighted by atomic mass is 35.5. The van der Waals surface area contributed by atoms with Gasteiger partial charge in [-0.15, -0.1) is 0 Å². The van der Waals surface area contributed by atoms with Crippen LogP contribution in [-0.4, -0.2) is 20.9 Å². The Morgan fingerprint density at radius 3 is 2.91 bits per heavy atom. The molecule has 4 rings (SSSR count). The number of aromatic amines is 1. The van der Waals surface area contributed by atoms with E-state index in [-0.39, 0.29) is 29.9 Å². The number of amides is 1.